The molecule has 148 valence electrons. The minimum absolute atomic E-state index is 0.0391. The second-order valence-electron chi connectivity index (χ2n) is 6.08. The summed E-state index contributed by atoms with van der Waals surface area (Å²) < 4.78 is 48.8. The lowest BCUT2D eigenvalue weighted by Gasteiger charge is -2.21. The van der Waals surface area contributed by atoms with E-state index in [-0.39, 0.29) is 31.4 Å². The van der Waals surface area contributed by atoms with Gasteiger partial charge in [-0.1, -0.05) is 6.07 Å². The molecule has 2 aromatic rings. The molecule has 1 heterocycles. The Bertz CT molecular complexity index is 899. The Hall–Kier alpha value is -3.23. The van der Waals surface area contributed by atoms with E-state index in [4.69, 9.17) is 9.47 Å². The van der Waals surface area contributed by atoms with E-state index >= 15 is 0 Å². The quantitative estimate of drug-likeness (QED) is 0.837. The smallest absolute Gasteiger partial charge is 0.416 e. The molecule has 0 aliphatic carbocycles. The maximum absolute atomic E-state index is 12.8. The molecule has 0 radical (unpaired) electrons. The Morgan fingerprint density at radius 3 is 2.57 bits per heavy atom. The molecule has 0 aromatic heterocycles. The molecule has 0 saturated carbocycles. The van der Waals surface area contributed by atoms with Crippen molar-refractivity contribution >= 4 is 23.2 Å². The van der Waals surface area contributed by atoms with Crippen molar-refractivity contribution in [3.8, 4) is 11.5 Å². The van der Waals surface area contributed by atoms with Crippen molar-refractivity contribution in [2.75, 3.05) is 23.6 Å². The summed E-state index contributed by atoms with van der Waals surface area (Å²) in [6.07, 6.45) is -4.59. The lowest BCUT2D eigenvalue weighted by atomic mass is 10.2. The van der Waals surface area contributed by atoms with E-state index in [9.17, 15) is 22.8 Å². The van der Waals surface area contributed by atoms with Gasteiger partial charge in [-0.2, -0.15) is 13.2 Å². The second-order valence-corrected chi connectivity index (χ2v) is 6.08. The van der Waals surface area contributed by atoms with Crippen LogP contribution in [-0.2, 0) is 15.8 Å². The van der Waals surface area contributed by atoms with E-state index in [1.807, 2.05) is 0 Å². The molecule has 0 atom stereocenters. The molecule has 1 N–H and O–H groups in total. The number of benzene rings is 2. The van der Waals surface area contributed by atoms with Crippen molar-refractivity contribution in [2.24, 2.45) is 0 Å². The van der Waals surface area contributed by atoms with Crippen LogP contribution in [0.2, 0.25) is 0 Å². The average molecular weight is 394 g/mol. The standard InChI is InChI=1S/C19H17F3N2O4/c1-12(25)24(15-5-6-16-17(10-15)28-11-27-16)8-7-18(26)23-14-4-2-3-13(9-14)19(20,21)22/h2-6,9-10H,7-8,11H2,1H3,(H,23,26). The van der Waals surface area contributed by atoms with Crippen LogP contribution < -0.4 is 19.7 Å². The molecule has 2 aromatic carbocycles. The first-order valence-corrected chi connectivity index (χ1v) is 8.39. The lowest BCUT2D eigenvalue weighted by Crippen LogP contribution is -2.31. The molecule has 0 unspecified atom stereocenters. The molecular formula is C19H17F3N2O4. The number of carbonyl (C=O) groups excluding carboxylic acids is 2. The summed E-state index contributed by atoms with van der Waals surface area (Å²) in [5.41, 5.74) is -0.281. The van der Waals surface area contributed by atoms with Crippen molar-refractivity contribution in [1.29, 1.82) is 0 Å². The van der Waals surface area contributed by atoms with Crippen LogP contribution in [0.3, 0.4) is 0 Å². The molecule has 0 spiro atoms. The third kappa shape index (κ3) is 4.54. The molecule has 0 fully saturated rings. The molecule has 3 rings (SSSR count). The van der Waals surface area contributed by atoms with Crippen LogP contribution in [0.1, 0.15) is 18.9 Å². The number of hydrogen-bond acceptors (Lipinski definition) is 4. The minimum atomic E-state index is -4.49. The largest absolute Gasteiger partial charge is 0.454 e. The van der Waals surface area contributed by atoms with Gasteiger partial charge in [-0.05, 0) is 30.3 Å². The number of nitrogens with one attached hydrogen (secondary N) is 1. The molecule has 6 nitrogen and oxygen atoms in total. The van der Waals surface area contributed by atoms with Gasteiger partial charge in [-0.3, -0.25) is 9.59 Å². The number of alkyl halides is 3. The lowest BCUT2D eigenvalue weighted by molar-refractivity contribution is -0.137. The van der Waals surface area contributed by atoms with Gasteiger partial charge < -0.3 is 19.7 Å². The van der Waals surface area contributed by atoms with E-state index in [0.29, 0.717) is 17.2 Å². The Labute approximate surface area is 158 Å². The number of amides is 2. The number of anilines is 2. The molecule has 28 heavy (non-hydrogen) atoms. The zero-order valence-corrected chi connectivity index (χ0v) is 14.9. The Morgan fingerprint density at radius 1 is 1.11 bits per heavy atom. The number of ether oxygens (including phenoxy) is 2. The third-order valence-electron chi connectivity index (χ3n) is 4.08. The Morgan fingerprint density at radius 2 is 1.86 bits per heavy atom. The van der Waals surface area contributed by atoms with E-state index in [1.54, 1.807) is 18.2 Å². The summed E-state index contributed by atoms with van der Waals surface area (Å²) in [5.74, 6) is 0.267. The van der Waals surface area contributed by atoms with Crippen LogP contribution >= 0.6 is 0 Å². The number of halogens is 3. The molecule has 0 saturated heterocycles. The molecular weight excluding hydrogens is 377 g/mol. The summed E-state index contributed by atoms with van der Waals surface area (Å²) in [6, 6.07) is 9.33. The molecule has 2 amide bonds. The van der Waals surface area contributed by atoms with Gasteiger partial charge in [0.05, 0.1) is 5.56 Å². The highest BCUT2D eigenvalue weighted by molar-refractivity contribution is 5.95. The molecule has 1 aliphatic heterocycles. The number of fused-ring (bicyclic) bond motifs is 1. The SMILES string of the molecule is CC(=O)N(CCC(=O)Nc1cccc(C(F)(F)F)c1)c1ccc2c(c1)OCO2. The zero-order chi connectivity index (χ0) is 20.3. The van der Waals surface area contributed by atoms with Gasteiger partial charge in [-0.15, -0.1) is 0 Å². The van der Waals surface area contributed by atoms with E-state index in [0.717, 1.165) is 12.1 Å². The van der Waals surface area contributed by atoms with Crippen LogP contribution in [-0.4, -0.2) is 25.2 Å². The fraction of sp³-hybridized carbons (Fsp3) is 0.263. The van der Waals surface area contributed by atoms with Crippen LogP contribution in [0, 0.1) is 0 Å². The summed E-state index contributed by atoms with van der Waals surface area (Å²) in [5, 5.41) is 2.42. The zero-order valence-electron chi connectivity index (χ0n) is 14.9. The summed E-state index contributed by atoms with van der Waals surface area (Å²) in [4.78, 5) is 25.5. The highest BCUT2D eigenvalue weighted by Crippen LogP contribution is 2.35. The van der Waals surface area contributed by atoms with Crippen molar-refractivity contribution in [3.05, 3.63) is 48.0 Å². The van der Waals surface area contributed by atoms with Crippen molar-refractivity contribution < 1.29 is 32.2 Å². The molecule has 9 heteroatoms. The van der Waals surface area contributed by atoms with Crippen LogP contribution in [0.25, 0.3) is 0 Å². The Balaban J connectivity index is 1.64. The number of rotatable bonds is 5. The first kappa shape index (κ1) is 19.5. The van der Waals surface area contributed by atoms with E-state index in [1.165, 1.54) is 24.0 Å². The maximum atomic E-state index is 12.8. The van der Waals surface area contributed by atoms with Crippen LogP contribution in [0.4, 0.5) is 24.5 Å². The van der Waals surface area contributed by atoms with Gasteiger partial charge in [0, 0.05) is 37.3 Å². The fourth-order valence-electron chi connectivity index (χ4n) is 2.73. The van der Waals surface area contributed by atoms with Crippen LogP contribution in [0.15, 0.2) is 42.5 Å². The first-order valence-electron chi connectivity index (χ1n) is 8.39. The predicted octanol–water partition coefficient (Wildman–Crippen LogP) is 3.82. The third-order valence-corrected chi connectivity index (χ3v) is 4.08. The van der Waals surface area contributed by atoms with Crippen molar-refractivity contribution in [2.45, 2.75) is 19.5 Å². The van der Waals surface area contributed by atoms with Gasteiger partial charge >= 0.3 is 6.18 Å². The maximum Gasteiger partial charge on any atom is 0.416 e. The number of carbonyl (C=O) groups is 2. The monoisotopic (exact) mass is 394 g/mol. The summed E-state index contributed by atoms with van der Waals surface area (Å²) in [7, 11) is 0. The van der Waals surface area contributed by atoms with Crippen LogP contribution in [0.5, 0.6) is 11.5 Å². The molecule has 1 aliphatic rings. The minimum Gasteiger partial charge on any atom is -0.454 e. The second kappa shape index (κ2) is 7.79. The summed E-state index contributed by atoms with van der Waals surface area (Å²) in [6.45, 7) is 1.51. The fourth-order valence-corrected chi connectivity index (χ4v) is 2.73. The highest BCUT2D eigenvalue weighted by atomic mass is 19.4. The highest BCUT2D eigenvalue weighted by Gasteiger charge is 2.30. The van der Waals surface area contributed by atoms with Crippen molar-refractivity contribution in [3.63, 3.8) is 0 Å². The number of nitrogens with zero attached hydrogens (tertiary/aromatic N) is 1. The Kier molecular flexibility index (Phi) is 5.43. The molecule has 0 bridgehead atoms. The van der Waals surface area contributed by atoms with Crippen molar-refractivity contribution in [1.82, 2.24) is 0 Å². The topological polar surface area (TPSA) is 67.9 Å². The van der Waals surface area contributed by atoms with Gasteiger partial charge in [-0.25, -0.2) is 0 Å². The van der Waals surface area contributed by atoms with Gasteiger partial charge in [0.1, 0.15) is 0 Å². The van der Waals surface area contributed by atoms with E-state index < -0.39 is 17.6 Å². The van der Waals surface area contributed by atoms with E-state index in [2.05, 4.69) is 5.32 Å². The van der Waals surface area contributed by atoms with Gasteiger partial charge in [0.2, 0.25) is 18.6 Å². The predicted molar refractivity (Wildman–Crippen MR) is 95.3 cm³/mol. The summed E-state index contributed by atoms with van der Waals surface area (Å²) >= 11 is 0. The normalized spacial score (nSPS) is 12.6. The number of hydrogen-bond donors (Lipinski definition) is 1. The van der Waals surface area contributed by atoms with Gasteiger partial charge in [0.15, 0.2) is 11.5 Å². The average Bonchev–Trinajstić information content (AvgIpc) is 3.09. The van der Waals surface area contributed by atoms with Gasteiger partial charge in [0.25, 0.3) is 0 Å². The first-order chi connectivity index (χ1) is 13.2.